The van der Waals surface area contributed by atoms with Gasteiger partial charge in [-0.15, -0.1) is 0 Å². The molecule has 6 nitrogen and oxygen atoms in total. The molecule has 0 unspecified atom stereocenters. The van der Waals surface area contributed by atoms with Gasteiger partial charge in [-0.3, -0.25) is 9.48 Å². The predicted octanol–water partition coefficient (Wildman–Crippen LogP) is 3.59. The molecule has 0 saturated heterocycles. The molecule has 0 atom stereocenters. The number of pyridine rings is 2. The summed E-state index contributed by atoms with van der Waals surface area (Å²) >= 11 is 0. The van der Waals surface area contributed by atoms with Gasteiger partial charge in [0, 0.05) is 24.5 Å². The molecule has 3 aromatic heterocycles. The van der Waals surface area contributed by atoms with Gasteiger partial charge in [0.2, 0.25) is 0 Å². The smallest absolute Gasteiger partial charge is 0.257 e. The molecule has 26 heavy (non-hydrogen) atoms. The lowest BCUT2D eigenvalue weighted by Gasteiger charge is -2.11. The minimum Gasteiger partial charge on any atom is -0.306 e. The molecule has 0 radical (unpaired) electrons. The van der Waals surface area contributed by atoms with Gasteiger partial charge in [0.1, 0.15) is 5.82 Å². The van der Waals surface area contributed by atoms with E-state index in [0.717, 1.165) is 16.8 Å². The van der Waals surface area contributed by atoms with Gasteiger partial charge in [-0.25, -0.2) is 9.97 Å². The number of carbonyl (C=O) groups excluding carboxylic acids is 1. The summed E-state index contributed by atoms with van der Waals surface area (Å²) in [5.74, 6) is 0.291. The van der Waals surface area contributed by atoms with Crippen LogP contribution in [0.15, 0.2) is 60.9 Å². The van der Waals surface area contributed by atoms with Crippen LogP contribution < -0.4 is 5.32 Å². The van der Waals surface area contributed by atoms with E-state index in [1.165, 1.54) is 0 Å². The Morgan fingerprint density at radius 1 is 1.12 bits per heavy atom. The summed E-state index contributed by atoms with van der Waals surface area (Å²) in [4.78, 5) is 21.8. The topological polar surface area (TPSA) is 72.7 Å². The largest absolute Gasteiger partial charge is 0.306 e. The summed E-state index contributed by atoms with van der Waals surface area (Å²) in [5, 5.41) is 7.87. The Balaban J connectivity index is 1.75. The minimum absolute atomic E-state index is 0.232. The summed E-state index contributed by atoms with van der Waals surface area (Å²) < 4.78 is 1.66. The normalized spacial score (nSPS) is 10.8. The molecule has 0 bridgehead atoms. The molecule has 0 saturated carbocycles. The molecular formula is C20H17N5O. The monoisotopic (exact) mass is 343 g/mol. The summed E-state index contributed by atoms with van der Waals surface area (Å²) in [6.07, 6.45) is 3.33. The van der Waals surface area contributed by atoms with E-state index in [9.17, 15) is 4.79 Å². The average Bonchev–Trinajstić information content (AvgIpc) is 3.03. The van der Waals surface area contributed by atoms with Gasteiger partial charge in [0.15, 0.2) is 5.65 Å². The summed E-state index contributed by atoms with van der Waals surface area (Å²) in [6.45, 7) is 1.86. The van der Waals surface area contributed by atoms with Crippen molar-refractivity contribution in [2.45, 2.75) is 6.92 Å². The quantitative estimate of drug-likeness (QED) is 0.617. The first-order valence-electron chi connectivity index (χ1n) is 8.24. The Morgan fingerprint density at radius 2 is 1.92 bits per heavy atom. The highest BCUT2D eigenvalue weighted by Crippen LogP contribution is 2.26. The molecular weight excluding hydrogens is 326 g/mol. The second-order valence-corrected chi connectivity index (χ2v) is 6.04. The van der Waals surface area contributed by atoms with Crippen molar-refractivity contribution >= 4 is 22.8 Å². The lowest BCUT2D eigenvalue weighted by atomic mass is 10.1. The van der Waals surface area contributed by atoms with Gasteiger partial charge in [-0.05, 0) is 30.7 Å². The lowest BCUT2D eigenvalue weighted by molar-refractivity contribution is 0.102. The van der Waals surface area contributed by atoms with Crippen LogP contribution >= 0.6 is 0 Å². The first-order chi connectivity index (χ1) is 12.6. The van der Waals surface area contributed by atoms with Crippen LogP contribution in [0.4, 0.5) is 5.82 Å². The van der Waals surface area contributed by atoms with Crippen molar-refractivity contribution in [3.63, 3.8) is 0 Å². The number of aromatic nitrogens is 4. The highest BCUT2D eigenvalue weighted by Gasteiger charge is 2.17. The second-order valence-electron chi connectivity index (χ2n) is 6.04. The van der Waals surface area contributed by atoms with Gasteiger partial charge < -0.3 is 5.32 Å². The minimum atomic E-state index is -0.232. The van der Waals surface area contributed by atoms with Crippen molar-refractivity contribution in [2.75, 3.05) is 5.32 Å². The van der Waals surface area contributed by atoms with E-state index in [4.69, 9.17) is 0 Å². The molecule has 128 valence electrons. The predicted molar refractivity (Wildman–Crippen MR) is 101 cm³/mol. The van der Waals surface area contributed by atoms with E-state index in [1.807, 2.05) is 56.4 Å². The van der Waals surface area contributed by atoms with Crippen molar-refractivity contribution in [3.05, 3.63) is 72.2 Å². The van der Waals surface area contributed by atoms with Gasteiger partial charge in [-0.2, -0.15) is 5.10 Å². The number of fused-ring (bicyclic) bond motifs is 1. The Morgan fingerprint density at radius 3 is 2.73 bits per heavy atom. The van der Waals surface area contributed by atoms with Crippen LogP contribution in [0.5, 0.6) is 0 Å². The van der Waals surface area contributed by atoms with E-state index < -0.39 is 0 Å². The molecule has 3 heterocycles. The van der Waals surface area contributed by atoms with Crippen molar-refractivity contribution in [3.8, 4) is 11.1 Å². The van der Waals surface area contributed by atoms with Crippen LogP contribution in [-0.2, 0) is 7.05 Å². The molecule has 1 aromatic carbocycles. The SMILES string of the molecule is Cc1cc(C(=O)Nc2ncccc2-c2ccccc2)c2cnn(C)c2n1. The van der Waals surface area contributed by atoms with Gasteiger partial charge in [-0.1, -0.05) is 30.3 Å². The van der Waals surface area contributed by atoms with Crippen LogP contribution in [0.3, 0.4) is 0 Å². The number of nitrogens with one attached hydrogen (secondary N) is 1. The molecule has 1 amide bonds. The third-order valence-electron chi connectivity index (χ3n) is 4.20. The number of benzene rings is 1. The Bertz CT molecular complexity index is 1100. The first kappa shape index (κ1) is 16.0. The molecule has 4 rings (SSSR count). The number of amides is 1. The zero-order chi connectivity index (χ0) is 18.1. The third-order valence-corrected chi connectivity index (χ3v) is 4.20. The zero-order valence-corrected chi connectivity index (χ0v) is 14.5. The molecule has 0 aliphatic heterocycles. The number of hydrogen-bond donors (Lipinski definition) is 1. The fourth-order valence-electron chi connectivity index (χ4n) is 2.96. The fourth-order valence-corrected chi connectivity index (χ4v) is 2.96. The van der Waals surface area contributed by atoms with Crippen molar-refractivity contribution in [1.82, 2.24) is 19.7 Å². The zero-order valence-electron chi connectivity index (χ0n) is 14.5. The fraction of sp³-hybridized carbons (Fsp3) is 0.100. The van der Waals surface area contributed by atoms with Crippen LogP contribution in [0.1, 0.15) is 16.1 Å². The van der Waals surface area contributed by atoms with Crippen LogP contribution in [-0.4, -0.2) is 25.7 Å². The molecule has 0 fully saturated rings. The first-order valence-corrected chi connectivity index (χ1v) is 8.24. The second kappa shape index (κ2) is 6.40. The van der Waals surface area contributed by atoms with Gasteiger partial charge >= 0.3 is 0 Å². The standard InChI is InChI=1S/C20H17N5O/c1-13-11-16(17-12-22-25(2)19(17)23-13)20(26)24-18-15(9-6-10-21-18)14-7-4-3-5-8-14/h3-12H,1-2H3,(H,21,24,26). The lowest BCUT2D eigenvalue weighted by Crippen LogP contribution is -2.14. The van der Waals surface area contributed by atoms with E-state index in [2.05, 4.69) is 20.4 Å². The molecule has 0 spiro atoms. The molecule has 0 aliphatic carbocycles. The molecule has 1 N–H and O–H groups in total. The van der Waals surface area contributed by atoms with Crippen molar-refractivity contribution < 1.29 is 4.79 Å². The number of nitrogens with zero attached hydrogens (tertiary/aromatic N) is 4. The Kier molecular flexibility index (Phi) is 3.93. The number of aryl methyl sites for hydroxylation is 2. The Hall–Kier alpha value is -3.54. The highest BCUT2D eigenvalue weighted by atomic mass is 16.1. The maximum atomic E-state index is 13.0. The summed E-state index contributed by atoms with van der Waals surface area (Å²) in [6, 6.07) is 15.4. The van der Waals surface area contributed by atoms with Crippen LogP contribution in [0.25, 0.3) is 22.2 Å². The van der Waals surface area contributed by atoms with Crippen LogP contribution in [0.2, 0.25) is 0 Å². The maximum absolute atomic E-state index is 13.0. The van der Waals surface area contributed by atoms with Gasteiger partial charge in [0.25, 0.3) is 5.91 Å². The highest BCUT2D eigenvalue weighted by molar-refractivity contribution is 6.12. The number of anilines is 1. The molecule has 0 aliphatic rings. The van der Waals surface area contributed by atoms with E-state index in [0.29, 0.717) is 22.4 Å². The van der Waals surface area contributed by atoms with Crippen LogP contribution in [0, 0.1) is 6.92 Å². The number of carbonyl (C=O) groups is 1. The van der Waals surface area contributed by atoms with Crippen molar-refractivity contribution in [2.24, 2.45) is 7.05 Å². The summed E-state index contributed by atoms with van der Waals surface area (Å²) in [7, 11) is 1.81. The Labute approximate surface area is 150 Å². The summed E-state index contributed by atoms with van der Waals surface area (Å²) in [5.41, 5.74) is 3.84. The average molecular weight is 343 g/mol. The van der Waals surface area contributed by atoms with Crippen molar-refractivity contribution in [1.29, 1.82) is 0 Å². The molecule has 6 heteroatoms. The van der Waals surface area contributed by atoms with Gasteiger partial charge in [0.05, 0.1) is 17.1 Å². The third kappa shape index (κ3) is 2.82. The van der Waals surface area contributed by atoms with E-state index >= 15 is 0 Å². The van der Waals surface area contributed by atoms with E-state index in [-0.39, 0.29) is 5.91 Å². The maximum Gasteiger partial charge on any atom is 0.257 e. The van der Waals surface area contributed by atoms with E-state index in [1.54, 1.807) is 23.1 Å². The number of hydrogen-bond acceptors (Lipinski definition) is 4. The molecule has 4 aromatic rings. The number of rotatable bonds is 3.